The van der Waals surface area contributed by atoms with Crippen molar-refractivity contribution in [2.24, 2.45) is 0 Å². The maximum Gasteiger partial charge on any atom is 0.272 e. The Morgan fingerprint density at radius 1 is 1.15 bits per heavy atom. The Hall–Kier alpha value is -2.66. The van der Waals surface area contributed by atoms with Gasteiger partial charge in [0.15, 0.2) is 0 Å². The van der Waals surface area contributed by atoms with Gasteiger partial charge in [-0.3, -0.25) is 4.79 Å². The lowest BCUT2D eigenvalue weighted by molar-refractivity contribution is 0.0669. The van der Waals surface area contributed by atoms with Gasteiger partial charge in [0, 0.05) is 36.6 Å². The third kappa shape index (κ3) is 3.12. The van der Waals surface area contributed by atoms with Crippen LogP contribution in [0.1, 0.15) is 17.4 Å². The van der Waals surface area contributed by atoms with Crippen molar-refractivity contribution < 1.29 is 9.53 Å². The zero-order valence-corrected chi connectivity index (χ0v) is 16.2. The van der Waals surface area contributed by atoms with Gasteiger partial charge in [-0.2, -0.15) is 0 Å². The summed E-state index contributed by atoms with van der Waals surface area (Å²) in [5.74, 6) is 0.798. The predicted octanol–water partition coefficient (Wildman–Crippen LogP) is 4.18. The highest BCUT2D eigenvalue weighted by Crippen LogP contribution is 2.31. The first kappa shape index (κ1) is 17.7. The van der Waals surface area contributed by atoms with Crippen LogP contribution in [0.2, 0.25) is 5.02 Å². The Labute approximate surface area is 163 Å². The summed E-state index contributed by atoms with van der Waals surface area (Å²) in [5, 5.41) is 1.37. The molecular weight excluding hydrogens is 362 g/mol. The van der Waals surface area contributed by atoms with Crippen molar-refractivity contribution in [2.75, 3.05) is 31.6 Å². The van der Waals surface area contributed by atoms with Crippen LogP contribution in [0, 0.1) is 0 Å². The molecule has 140 valence electrons. The Bertz CT molecular complexity index is 984. The Balaban J connectivity index is 1.56. The largest absolute Gasteiger partial charge is 0.495 e. The summed E-state index contributed by atoms with van der Waals surface area (Å²) < 4.78 is 5.48. The highest BCUT2D eigenvalue weighted by molar-refractivity contribution is 6.38. The summed E-state index contributed by atoms with van der Waals surface area (Å²) in [6.07, 6.45) is 0. The third-order valence-corrected chi connectivity index (χ3v) is 5.56. The number of nitrogens with zero attached hydrogens (tertiary/aromatic N) is 2. The molecule has 27 heavy (non-hydrogen) atoms. The van der Waals surface area contributed by atoms with Gasteiger partial charge in [-0.1, -0.05) is 41.9 Å². The molecule has 0 spiro atoms. The fourth-order valence-electron chi connectivity index (χ4n) is 3.77. The number of hydrogen-bond donors (Lipinski definition) is 1. The molecule has 5 nitrogen and oxygen atoms in total. The molecule has 1 atom stereocenters. The van der Waals surface area contributed by atoms with E-state index in [1.807, 2.05) is 47.4 Å². The van der Waals surface area contributed by atoms with Gasteiger partial charge in [0.05, 0.1) is 17.8 Å². The second-order valence-electron chi connectivity index (χ2n) is 6.82. The lowest BCUT2D eigenvalue weighted by atomic mass is 10.1. The van der Waals surface area contributed by atoms with Crippen LogP contribution in [0.25, 0.3) is 10.9 Å². The van der Waals surface area contributed by atoms with Crippen molar-refractivity contribution in [3.8, 4) is 5.75 Å². The summed E-state index contributed by atoms with van der Waals surface area (Å²) in [6.45, 7) is 4.18. The van der Waals surface area contributed by atoms with E-state index in [1.54, 1.807) is 7.11 Å². The molecule has 4 rings (SSSR count). The molecule has 0 unspecified atom stereocenters. The topological polar surface area (TPSA) is 48.6 Å². The van der Waals surface area contributed by atoms with E-state index in [2.05, 4.69) is 22.9 Å². The number of fused-ring (bicyclic) bond motifs is 1. The minimum atomic E-state index is -0.0524. The number of aromatic nitrogens is 1. The molecule has 0 aliphatic carbocycles. The number of benzene rings is 2. The lowest BCUT2D eigenvalue weighted by Gasteiger charge is -2.41. The number of halogens is 1. The smallest absolute Gasteiger partial charge is 0.272 e. The number of para-hydroxylation sites is 3. The normalized spacial score (nSPS) is 17.4. The lowest BCUT2D eigenvalue weighted by Crippen LogP contribution is -2.54. The molecule has 6 heteroatoms. The minimum Gasteiger partial charge on any atom is -0.495 e. The number of aromatic amines is 1. The van der Waals surface area contributed by atoms with Gasteiger partial charge < -0.3 is 19.5 Å². The number of carbonyl (C=O) groups is 1. The van der Waals surface area contributed by atoms with Crippen molar-refractivity contribution in [1.29, 1.82) is 0 Å². The van der Waals surface area contributed by atoms with Crippen LogP contribution >= 0.6 is 11.6 Å². The Kier molecular flexibility index (Phi) is 4.70. The summed E-state index contributed by atoms with van der Waals surface area (Å²) in [4.78, 5) is 20.5. The summed E-state index contributed by atoms with van der Waals surface area (Å²) in [6, 6.07) is 15.7. The summed E-state index contributed by atoms with van der Waals surface area (Å²) in [7, 11) is 1.68. The molecule has 1 aliphatic rings. The van der Waals surface area contributed by atoms with Gasteiger partial charge in [-0.25, -0.2) is 0 Å². The van der Waals surface area contributed by atoms with E-state index in [0.717, 1.165) is 35.4 Å². The number of H-pyrrole nitrogens is 1. The van der Waals surface area contributed by atoms with E-state index < -0.39 is 0 Å². The first-order chi connectivity index (χ1) is 13.1. The van der Waals surface area contributed by atoms with Gasteiger partial charge in [0.2, 0.25) is 0 Å². The quantitative estimate of drug-likeness (QED) is 0.738. The first-order valence-corrected chi connectivity index (χ1v) is 9.43. The molecule has 1 fully saturated rings. The van der Waals surface area contributed by atoms with Gasteiger partial charge in [-0.15, -0.1) is 0 Å². The monoisotopic (exact) mass is 383 g/mol. The maximum absolute atomic E-state index is 13.1. The molecule has 1 aliphatic heterocycles. The molecule has 0 bridgehead atoms. The minimum absolute atomic E-state index is 0.0524. The van der Waals surface area contributed by atoms with E-state index in [4.69, 9.17) is 16.3 Å². The SMILES string of the molecule is COc1ccccc1N1CCN(C(=O)c2[nH]c3ccccc3c2Cl)[C@@H](C)C1. The Morgan fingerprint density at radius 2 is 1.89 bits per heavy atom. The first-order valence-electron chi connectivity index (χ1n) is 9.05. The summed E-state index contributed by atoms with van der Waals surface area (Å²) >= 11 is 6.48. The van der Waals surface area contributed by atoms with E-state index in [0.29, 0.717) is 17.3 Å². The molecule has 3 aromatic rings. The standard InChI is InChI=1S/C21H22ClN3O2/c1-14-13-24(17-9-5-6-10-18(17)27-2)11-12-25(14)21(26)20-19(22)15-7-3-4-8-16(15)23-20/h3-10,14,23H,11-13H2,1-2H3/t14-/m0/s1. The molecule has 1 saturated heterocycles. The van der Waals surface area contributed by atoms with Crippen LogP contribution in [0.4, 0.5) is 5.69 Å². The number of ether oxygens (including phenoxy) is 1. The van der Waals surface area contributed by atoms with Crippen molar-refractivity contribution in [3.63, 3.8) is 0 Å². The fourth-order valence-corrected chi connectivity index (χ4v) is 4.06. The predicted molar refractivity (Wildman–Crippen MR) is 109 cm³/mol. The molecule has 2 aromatic carbocycles. The molecule has 1 N–H and O–H groups in total. The number of nitrogens with one attached hydrogen (secondary N) is 1. The number of rotatable bonds is 3. The van der Waals surface area contributed by atoms with Crippen LogP contribution < -0.4 is 9.64 Å². The average molecular weight is 384 g/mol. The van der Waals surface area contributed by atoms with Gasteiger partial charge in [-0.05, 0) is 25.1 Å². The number of amides is 1. The number of carbonyl (C=O) groups excluding carboxylic acids is 1. The van der Waals surface area contributed by atoms with Crippen molar-refractivity contribution in [2.45, 2.75) is 13.0 Å². The molecule has 0 radical (unpaired) electrons. The van der Waals surface area contributed by atoms with E-state index >= 15 is 0 Å². The average Bonchev–Trinajstić information content (AvgIpc) is 3.04. The van der Waals surface area contributed by atoms with Crippen molar-refractivity contribution in [3.05, 3.63) is 59.2 Å². The van der Waals surface area contributed by atoms with E-state index in [1.165, 1.54) is 0 Å². The number of piperazine rings is 1. The van der Waals surface area contributed by atoms with E-state index in [-0.39, 0.29) is 11.9 Å². The third-order valence-electron chi connectivity index (χ3n) is 5.17. The summed E-state index contributed by atoms with van der Waals surface area (Å²) in [5.41, 5.74) is 2.41. The highest BCUT2D eigenvalue weighted by atomic mass is 35.5. The van der Waals surface area contributed by atoms with Gasteiger partial charge >= 0.3 is 0 Å². The molecular formula is C21H22ClN3O2. The van der Waals surface area contributed by atoms with Crippen LogP contribution in [0.15, 0.2) is 48.5 Å². The number of methoxy groups -OCH3 is 1. The molecule has 1 aromatic heterocycles. The number of anilines is 1. The molecule has 0 saturated carbocycles. The van der Waals surface area contributed by atoms with Crippen LogP contribution in [-0.4, -0.2) is 48.6 Å². The molecule has 1 amide bonds. The van der Waals surface area contributed by atoms with Gasteiger partial charge in [0.1, 0.15) is 11.4 Å². The fraction of sp³-hybridized carbons (Fsp3) is 0.286. The highest BCUT2D eigenvalue weighted by Gasteiger charge is 2.31. The zero-order chi connectivity index (χ0) is 19.0. The molecule has 2 heterocycles. The zero-order valence-electron chi connectivity index (χ0n) is 15.4. The maximum atomic E-state index is 13.1. The van der Waals surface area contributed by atoms with Crippen LogP contribution in [0.3, 0.4) is 0 Å². The van der Waals surface area contributed by atoms with Crippen molar-refractivity contribution >= 4 is 34.1 Å². The van der Waals surface area contributed by atoms with Crippen LogP contribution in [-0.2, 0) is 0 Å². The Morgan fingerprint density at radius 3 is 2.63 bits per heavy atom. The number of hydrogen-bond acceptors (Lipinski definition) is 3. The van der Waals surface area contributed by atoms with Crippen LogP contribution in [0.5, 0.6) is 5.75 Å². The van der Waals surface area contributed by atoms with E-state index in [9.17, 15) is 4.79 Å². The van der Waals surface area contributed by atoms with Gasteiger partial charge in [0.25, 0.3) is 5.91 Å². The second kappa shape index (κ2) is 7.16. The van der Waals surface area contributed by atoms with Crippen molar-refractivity contribution in [1.82, 2.24) is 9.88 Å². The second-order valence-corrected chi connectivity index (χ2v) is 7.20.